The van der Waals surface area contributed by atoms with Crippen molar-refractivity contribution in [2.24, 2.45) is 0 Å². The predicted molar refractivity (Wildman–Crippen MR) is 54.7 cm³/mol. The topological polar surface area (TPSA) is 59.4 Å². The summed E-state index contributed by atoms with van der Waals surface area (Å²) in [5.41, 5.74) is 0.234. The van der Waals surface area contributed by atoms with Crippen LogP contribution < -0.4 is 0 Å². The highest BCUT2D eigenvalue weighted by Gasteiger charge is 2.11. The first kappa shape index (κ1) is 10.4. The molecule has 0 radical (unpaired) electrons. The van der Waals surface area contributed by atoms with Gasteiger partial charge in [0.2, 0.25) is 5.88 Å². The van der Waals surface area contributed by atoms with Gasteiger partial charge in [0.1, 0.15) is 5.82 Å². The first-order valence-corrected chi connectivity index (χ1v) is 4.49. The maximum absolute atomic E-state index is 13.3. The molecule has 0 aliphatic heterocycles. The number of aromatic nitrogens is 1. The summed E-state index contributed by atoms with van der Waals surface area (Å²) in [4.78, 5) is 14.7. The number of halogens is 1. The van der Waals surface area contributed by atoms with Crippen molar-refractivity contribution in [3.8, 4) is 5.88 Å². The molecule has 0 saturated carbocycles. The van der Waals surface area contributed by atoms with Crippen LogP contribution in [-0.2, 0) is 4.74 Å². The quantitative estimate of drug-likeness (QED) is 0.747. The maximum atomic E-state index is 13.3. The van der Waals surface area contributed by atoms with Crippen LogP contribution in [0.1, 0.15) is 10.4 Å². The first-order valence-electron chi connectivity index (χ1n) is 4.49. The summed E-state index contributed by atoms with van der Waals surface area (Å²) in [5.74, 6) is -1.42. The van der Waals surface area contributed by atoms with Gasteiger partial charge in [-0.2, -0.15) is 0 Å². The van der Waals surface area contributed by atoms with Gasteiger partial charge in [0, 0.05) is 10.8 Å². The van der Waals surface area contributed by atoms with Crippen LogP contribution in [0.15, 0.2) is 24.4 Å². The number of fused-ring (bicyclic) bond motifs is 1. The Hall–Kier alpha value is -2.17. The van der Waals surface area contributed by atoms with Crippen LogP contribution in [0.25, 0.3) is 10.8 Å². The minimum Gasteiger partial charge on any atom is -0.493 e. The van der Waals surface area contributed by atoms with Gasteiger partial charge >= 0.3 is 5.97 Å². The average molecular weight is 221 g/mol. The van der Waals surface area contributed by atoms with Crippen molar-refractivity contribution < 1.29 is 19.0 Å². The Labute approximate surface area is 90.3 Å². The Morgan fingerprint density at radius 1 is 1.44 bits per heavy atom. The summed E-state index contributed by atoms with van der Waals surface area (Å²) in [5, 5.41) is 9.84. The number of methoxy groups -OCH3 is 1. The number of hydrogen-bond acceptors (Lipinski definition) is 4. The lowest BCUT2D eigenvalue weighted by molar-refractivity contribution is 0.0601. The molecule has 0 atom stereocenters. The van der Waals surface area contributed by atoms with Gasteiger partial charge in [0.25, 0.3) is 0 Å². The number of nitrogens with zero attached hydrogens (tertiary/aromatic N) is 1. The Morgan fingerprint density at radius 2 is 2.19 bits per heavy atom. The fourth-order valence-corrected chi connectivity index (χ4v) is 1.44. The lowest BCUT2D eigenvalue weighted by Gasteiger charge is -2.03. The lowest BCUT2D eigenvalue weighted by Crippen LogP contribution is -2.00. The summed E-state index contributed by atoms with van der Waals surface area (Å²) in [6.07, 6.45) is 0.926. The van der Waals surface area contributed by atoms with Crippen LogP contribution in [0.3, 0.4) is 0 Å². The number of ether oxygens (including phenoxy) is 1. The molecular weight excluding hydrogens is 213 g/mol. The maximum Gasteiger partial charge on any atom is 0.337 e. The smallest absolute Gasteiger partial charge is 0.337 e. The SMILES string of the molecule is COC(=O)c1ccc2c(F)cnc(O)c2c1. The van der Waals surface area contributed by atoms with Crippen molar-refractivity contribution in [1.29, 1.82) is 0 Å². The van der Waals surface area contributed by atoms with E-state index < -0.39 is 11.8 Å². The molecule has 0 aliphatic carbocycles. The minimum absolute atomic E-state index is 0.183. The van der Waals surface area contributed by atoms with Crippen LogP contribution in [-0.4, -0.2) is 23.2 Å². The van der Waals surface area contributed by atoms with Gasteiger partial charge in [-0.05, 0) is 12.1 Å². The molecule has 5 heteroatoms. The Morgan fingerprint density at radius 3 is 2.88 bits per heavy atom. The molecule has 1 N–H and O–H groups in total. The third-order valence-electron chi connectivity index (χ3n) is 2.24. The molecule has 2 rings (SSSR count). The Bertz CT molecular complexity index is 568. The number of esters is 1. The zero-order valence-corrected chi connectivity index (χ0v) is 8.40. The molecule has 4 nitrogen and oxygen atoms in total. The molecule has 0 unspecified atom stereocenters. The molecule has 0 saturated heterocycles. The van der Waals surface area contributed by atoms with E-state index in [9.17, 15) is 14.3 Å². The molecule has 0 aliphatic rings. The fourth-order valence-electron chi connectivity index (χ4n) is 1.44. The van der Waals surface area contributed by atoms with Crippen molar-refractivity contribution in [3.05, 3.63) is 35.8 Å². The Kier molecular flexibility index (Phi) is 2.44. The predicted octanol–water partition coefficient (Wildman–Crippen LogP) is 1.87. The zero-order valence-electron chi connectivity index (χ0n) is 8.40. The lowest BCUT2D eigenvalue weighted by atomic mass is 10.1. The standard InChI is InChI=1S/C11H8FNO3/c1-16-11(15)6-2-3-7-8(4-6)10(14)13-5-9(7)12/h2-5H,1H3,(H,13,14). The van der Waals surface area contributed by atoms with E-state index in [-0.39, 0.29) is 22.2 Å². The van der Waals surface area contributed by atoms with Gasteiger partial charge in [0.05, 0.1) is 18.9 Å². The largest absolute Gasteiger partial charge is 0.493 e. The van der Waals surface area contributed by atoms with E-state index >= 15 is 0 Å². The highest BCUT2D eigenvalue weighted by Crippen LogP contribution is 2.25. The van der Waals surface area contributed by atoms with Crippen LogP contribution in [0.5, 0.6) is 5.88 Å². The summed E-state index contributed by atoms with van der Waals surface area (Å²) >= 11 is 0. The second-order valence-electron chi connectivity index (χ2n) is 3.18. The zero-order chi connectivity index (χ0) is 11.7. The van der Waals surface area contributed by atoms with Gasteiger partial charge < -0.3 is 9.84 Å². The number of rotatable bonds is 1. The molecule has 0 fully saturated rings. The number of hydrogen-bond donors (Lipinski definition) is 1. The number of pyridine rings is 1. The second-order valence-corrected chi connectivity index (χ2v) is 3.18. The first-order chi connectivity index (χ1) is 7.63. The number of benzene rings is 1. The number of carbonyl (C=O) groups excluding carboxylic acids is 1. The van der Waals surface area contributed by atoms with Crippen LogP contribution in [0, 0.1) is 5.82 Å². The third-order valence-corrected chi connectivity index (χ3v) is 2.24. The average Bonchev–Trinajstić information content (AvgIpc) is 2.32. The van der Waals surface area contributed by atoms with Gasteiger partial charge in [0.15, 0.2) is 0 Å². The molecule has 0 spiro atoms. The molecule has 2 aromatic rings. The van der Waals surface area contributed by atoms with E-state index in [0.29, 0.717) is 0 Å². The number of aromatic hydroxyl groups is 1. The summed E-state index contributed by atoms with van der Waals surface area (Å²) < 4.78 is 17.8. The summed E-state index contributed by atoms with van der Waals surface area (Å²) in [7, 11) is 1.25. The number of carbonyl (C=O) groups is 1. The normalized spacial score (nSPS) is 10.4. The molecule has 1 aromatic carbocycles. The van der Waals surface area contributed by atoms with Gasteiger partial charge in [-0.25, -0.2) is 14.2 Å². The van der Waals surface area contributed by atoms with Crippen molar-refractivity contribution in [3.63, 3.8) is 0 Å². The van der Waals surface area contributed by atoms with Crippen LogP contribution >= 0.6 is 0 Å². The summed E-state index contributed by atoms with van der Waals surface area (Å²) in [6.45, 7) is 0. The highest BCUT2D eigenvalue weighted by molar-refractivity contribution is 5.96. The van der Waals surface area contributed by atoms with Crippen LogP contribution in [0.2, 0.25) is 0 Å². The fraction of sp³-hybridized carbons (Fsp3) is 0.0909. The second kappa shape index (κ2) is 3.77. The van der Waals surface area contributed by atoms with E-state index in [1.807, 2.05) is 0 Å². The molecule has 1 aromatic heterocycles. The monoisotopic (exact) mass is 221 g/mol. The van der Waals surface area contributed by atoms with Gasteiger partial charge in [-0.15, -0.1) is 0 Å². The third kappa shape index (κ3) is 1.56. The van der Waals surface area contributed by atoms with Gasteiger partial charge in [-0.1, -0.05) is 6.07 Å². The van der Waals surface area contributed by atoms with Crippen molar-refractivity contribution in [2.75, 3.05) is 7.11 Å². The van der Waals surface area contributed by atoms with Crippen molar-refractivity contribution in [1.82, 2.24) is 4.98 Å². The molecule has 0 bridgehead atoms. The van der Waals surface area contributed by atoms with E-state index in [4.69, 9.17) is 0 Å². The van der Waals surface area contributed by atoms with E-state index in [2.05, 4.69) is 9.72 Å². The highest BCUT2D eigenvalue weighted by atomic mass is 19.1. The summed E-state index contributed by atoms with van der Waals surface area (Å²) in [6, 6.07) is 4.17. The van der Waals surface area contributed by atoms with Crippen molar-refractivity contribution in [2.45, 2.75) is 0 Å². The van der Waals surface area contributed by atoms with E-state index in [0.717, 1.165) is 6.20 Å². The van der Waals surface area contributed by atoms with E-state index in [1.165, 1.54) is 25.3 Å². The minimum atomic E-state index is -0.552. The Balaban J connectivity index is 2.70. The molecule has 16 heavy (non-hydrogen) atoms. The molecule has 0 amide bonds. The molecule has 82 valence electrons. The molecular formula is C11H8FNO3. The van der Waals surface area contributed by atoms with Gasteiger partial charge in [-0.3, -0.25) is 0 Å². The van der Waals surface area contributed by atoms with Crippen molar-refractivity contribution >= 4 is 16.7 Å². The van der Waals surface area contributed by atoms with Crippen LogP contribution in [0.4, 0.5) is 4.39 Å². The molecule has 1 heterocycles. The van der Waals surface area contributed by atoms with E-state index in [1.54, 1.807) is 0 Å².